The van der Waals surface area contributed by atoms with Crippen molar-refractivity contribution < 1.29 is 13.6 Å². The van der Waals surface area contributed by atoms with Gasteiger partial charge in [-0.15, -0.1) is 0 Å². The first-order valence-electron chi connectivity index (χ1n) is 4.01. The van der Waals surface area contributed by atoms with Gasteiger partial charge in [0, 0.05) is 0 Å². The Labute approximate surface area is 84.3 Å². The fraction of sp³-hybridized carbons (Fsp3) is 0.500. The van der Waals surface area contributed by atoms with Crippen LogP contribution in [0.1, 0.15) is 23.0 Å². The van der Waals surface area contributed by atoms with Crippen molar-refractivity contribution >= 4 is 22.3 Å². The molecule has 0 atom stereocenters. The molecule has 0 radical (unpaired) electrons. The molecular weight excluding hydrogens is 210 g/mol. The van der Waals surface area contributed by atoms with Gasteiger partial charge in [0.1, 0.15) is 5.00 Å². The summed E-state index contributed by atoms with van der Waals surface area (Å²) in [5.41, 5.74) is 0.995. The van der Waals surface area contributed by atoms with Crippen LogP contribution in [0.15, 0.2) is 0 Å². The van der Waals surface area contributed by atoms with E-state index in [1.54, 1.807) is 6.92 Å². The molecule has 6 heteroatoms. The number of hydrogen-bond acceptors (Lipinski definition) is 4. The molecule has 14 heavy (non-hydrogen) atoms. The molecule has 0 aliphatic heterocycles. The minimum absolute atomic E-state index is 0.159. The van der Waals surface area contributed by atoms with Crippen molar-refractivity contribution in [2.24, 2.45) is 0 Å². The molecule has 1 heterocycles. The molecule has 3 nitrogen and oxygen atoms in total. The number of alkyl halides is 2. The van der Waals surface area contributed by atoms with E-state index in [1.165, 1.54) is 6.92 Å². The molecule has 1 aromatic heterocycles. The van der Waals surface area contributed by atoms with Crippen molar-refractivity contribution in [3.05, 3.63) is 11.3 Å². The quantitative estimate of drug-likeness (QED) is 0.792. The molecule has 0 saturated heterocycles. The van der Waals surface area contributed by atoms with Crippen LogP contribution in [0, 0.1) is 6.92 Å². The average molecular weight is 220 g/mol. The molecule has 0 unspecified atom stereocenters. The highest BCUT2D eigenvalue weighted by Crippen LogP contribution is 2.24. The fourth-order valence-corrected chi connectivity index (χ4v) is 1.92. The molecule has 78 valence electrons. The second kappa shape index (κ2) is 4.45. The van der Waals surface area contributed by atoms with Gasteiger partial charge in [-0.1, -0.05) is 0 Å². The number of anilines is 1. The van der Waals surface area contributed by atoms with Crippen LogP contribution in [0.2, 0.25) is 0 Å². The van der Waals surface area contributed by atoms with Gasteiger partial charge in [-0.25, -0.2) is 8.78 Å². The van der Waals surface area contributed by atoms with E-state index in [2.05, 4.69) is 9.69 Å². The van der Waals surface area contributed by atoms with Gasteiger partial charge in [-0.3, -0.25) is 4.79 Å². The SMILES string of the molecule is CC(=O)c1c(C)nsc1NCC(F)F. The highest BCUT2D eigenvalue weighted by molar-refractivity contribution is 7.10. The Kier molecular flexibility index (Phi) is 3.51. The number of nitrogens with zero attached hydrogens (tertiary/aromatic N) is 1. The number of carbonyl (C=O) groups is 1. The van der Waals surface area contributed by atoms with Gasteiger partial charge in [0.25, 0.3) is 6.43 Å². The van der Waals surface area contributed by atoms with Crippen LogP contribution in [-0.4, -0.2) is 23.1 Å². The number of aromatic nitrogens is 1. The lowest BCUT2D eigenvalue weighted by Gasteiger charge is -2.03. The molecule has 0 aliphatic rings. The van der Waals surface area contributed by atoms with Crippen molar-refractivity contribution in [3.63, 3.8) is 0 Å². The molecule has 0 aliphatic carbocycles. The maximum Gasteiger partial charge on any atom is 0.255 e. The normalized spacial score (nSPS) is 10.6. The summed E-state index contributed by atoms with van der Waals surface area (Å²) in [6, 6.07) is 0. The summed E-state index contributed by atoms with van der Waals surface area (Å²) in [7, 11) is 0. The van der Waals surface area contributed by atoms with E-state index in [9.17, 15) is 13.6 Å². The summed E-state index contributed by atoms with van der Waals surface area (Å²) >= 11 is 1.03. The lowest BCUT2D eigenvalue weighted by molar-refractivity contribution is 0.101. The molecule has 1 rings (SSSR count). The second-order valence-electron chi connectivity index (χ2n) is 2.80. The summed E-state index contributed by atoms with van der Waals surface area (Å²) in [5, 5.41) is 2.93. The van der Waals surface area contributed by atoms with Gasteiger partial charge in [-0.2, -0.15) is 4.37 Å². The van der Waals surface area contributed by atoms with Crippen LogP contribution >= 0.6 is 11.5 Å². The Morgan fingerprint density at radius 2 is 2.29 bits per heavy atom. The van der Waals surface area contributed by atoms with Crippen LogP contribution < -0.4 is 5.32 Å². The Balaban J connectivity index is 2.81. The van der Waals surface area contributed by atoms with E-state index in [4.69, 9.17) is 0 Å². The highest BCUT2D eigenvalue weighted by Gasteiger charge is 2.15. The minimum Gasteiger partial charge on any atom is -0.369 e. The van der Waals surface area contributed by atoms with Gasteiger partial charge < -0.3 is 5.32 Å². The summed E-state index contributed by atoms with van der Waals surface area (Å²) in [4.78, 5) is 11.1. The van der Waals surface area contributed by atoms with Gasteiger partial charge in [0.2, 0.25) is 0 Å². The third kappa shape index (κ3) is 2.47. The first kappa shape index (κ1) is 11.0. The maximum atomic E-state index is 11.9. The van der Waals surface area contributed by atoms with Crippen molar-refractivity contribution in [3.8, 4) is 0 Å². The number of aryl methyl sites for hydroxylation is 1. The van der Waals surface area contributed by atoms with Crippen LogP contribution in [0.5, 0.6) is 0 Å². The highest BCUT2D eigenvalue weighted by atomic mass is 32.1. The Morgan fingerprint density at radius 3 is 2.79 bits per heavy atom. The lowest BCUT2D eigenvalue weighted by atomic mass is 10.2. The smallest absolute Gasteiger partial charge is 0.255 e. The standard InChI is InChI=1S/C8H10F2N2OS/c1-4-7(5(2)13)8(14-12-4)11-3-6(9)10/h6,11H,3H2,1-2H3. The topological polar surface area (TPSA) is 42.0 Å². The minimum atomic E-state index is -2.43. The molecular formula is C8H10F2N2OS. The van der Waals surface area contributed by atoms with Crippen molar-refractivity contribution in [1.82, 2.24) is 4.37 Å². The Morgan fingerprint density at radius 1 is 1.64 bits per heavy atom. The maximum absolute atomic E-state index is 11.9. The Bertz CT molecular complexity index is 338. The van der Waals surface area contributed by atoms with Gasteiger partial charge in [0.15, 0.2) is 5.78 Å². The number of carbonyl (C=O) groups excluding carboxylic acids is 1. The van der Waals surface area contributed by atoms with Gasteiger partial charge >= 0.3 is 0 Å². The first-order valence-corrected chi connectivity index (χ1v) is 4.79. The predicted molar refractivity (Wildman–Crippen MR) is 51.3 cm³/mol. The van der Waals surface area contributed by atoms with E-state index in [1.807, 2.05) is 0 Å². The molecule has 0 saturated carbocycles. The Hall–Kier alpha value is -1.04. The van der Waals surface area contributed by atoms with Crippen molar-refractivity contribution in [2.45, 2.75) is 20.3 Å². The second-order valence-corrected chi connectivity index (χ2v) is 3.57. The number of halogens is 2. The molecule has 1 aromatic rings. The van der Waals surface area contributed by atoms with Crippen molar-refractivity contribution in [2.75, 3.05) is 11.9 Å². The molecule has 0 aromatic carbocycles. The summed E-state index contributed by atoms with van der Waals surface area (Å²) in [6.45, 7) is 2.62. The summed E-state index contributed by atoms with van der Waals surface area (Å²) in [5.74, 6) is -0.159. The number of rotatable bonds is 4. The molecule has 0 amide bonds. The summed E-state index contributed by atoms with van der Waals surface area (Å²) < 4.78 is 27.7. The molecule has 0 spiro atoms. The van der Waals surface area contributed by atoms with E-state index in [0.29, 0.717) is 16.3 Å². The zero-order valence-electron chi connectivity index (χ0n) is 7.80. The third-order valence-corrected chi connectivity index (χ3v) is 2.53. The van der Waals surface area contributed by atoms with Crippen molar-refractivity contribution in [1.29, 1.82) is 0 Å². The molecule has 1 N–H and O–H groups in total. The van der Waals surface area contributed by atoms with E-state index < -0.39 is 13.0 Å². The molecule has 0 fully saturated rings. The van der Waals surface area contributed by atoms with Crippen LogP contribution in [-0.2, 0) is 0 Å². The zero-order valence-corrected chi connectivity index (χ0v) is 8.62. The van der Waals surface area contributed by atoms with Gasteiger partial charge in [-0.05, 0) is 25.4 Å². The number of Topliss-reactive ketones (excluding diaryl/α,β-unsaturated/α-hetero) is 1. The number of hydrogen-bond donors (Lipinski definition) is 1. The number of ketones is 1. The molecule has 0 bridgehead atoms. The van der Waals surface area contributed by atoms with Gasteiger partial charge in [0.05, 0.1) is 17.8 Å². The third-order valence-electron chi connectivity index (χ3n) is 1.63. The largest absolute Gasteiger partial charge is 0.369 e. The van der Waals surface area contributed by atoms with Crippen LogP contribution in [0.4, 0.5) is 13.8 Å². The van der Waals surface area contributed by atoms with E-state index in [-0.39, 0.29) is 5.78 Å². The fourth-order valence-electron chi connectivity index (χ4n) is 1.07. The van der Waals surface area contributed by atoms with E-state index >= 15 is 0 Å². The predicted octanol–water partition coefficient (Wildman–Crippen LogP) is 2.33. The van der Waals surface area contributed by atoms with Crippen LogP contribution in [0.25, 0.3) is 0 Å². The first-order chi connectivity index (χ1) is 6.52. The zero-order chi connectivity index (χ0) is 10.7. The average Bonchev–Trinajstić information content (AvgIpc) is 2.43. The lowest BCUT2D eigenvalue weighted by Crippen LogP contribution is -2.11. The van der Waals surface area contributed by atoms with E-state index in [0.717, 1.165) is 11.5 Å². The monoisotopic (exact) mass is 220 g/mol. The number of nitrogens with one attached hydrogen (secondary N) is 1. The van der Waals surface area contributed by atoms with Crippen LogP contribution in [0.3, 0.4) is 0 Å². The summed E-state index contributed by atoms with van der Waals surface area (Å²) in [6.07, 6.45) is -2.43.